The van der Waals surface area contributed by atoms with E-state index in [0.29, 0.717) is 45.3 Å². The SMILES string of the molecule is NCCCCC(=O)O.NCCCCCC(=O)O.NCCCCCCC(=O)O.NCCCCCCCC(=O)O.NCCCCCCCCC(=O)O. The molecule has 300 valence electrons. The molecule has 0 spiro atoms. The van der Waals surface area contributed by atoms with Crippen LogP contribution in [0.15, 0.2) is 0 Å². The number of carboxylic acids is 5. The second-order valence-electron chi connectivity index (χ2n) is 11.7. The molecular formula is C35H75N5O10. The van der Waals surface area contributed by atoms with Gasteiger partial charge in [0.05, 0.1) is 0 Å². The van der Waals surface area contributed by atoms with E-state index in [0.717, 1.165) is 122 Å². The maximum atomic E-state index is 10.1. The van der Waals surface area contributed by atoms with E-state index < -0.39 is 29.8 Å². The summed E-state index contributed by atoms with van der Waals surface area (Å²) in [5.74, 6) is -3.53. The molecule has 0 heterocycles. The molecule has 15 N–H and O–H groups in total. The molecule has 0 rings (SSSR count). The lowest BCUT2D eigenvalue weighted by molar-refractivity contribution is -0.138. The van der Waals surface area contributed by atoms with Crippen LogP contribution in [0.5, 0.6) is 0 Å². The molecule has 0 aromatic heterocycles. The van der Waals surface area contributed by atoms with Crippen molar-refractivity contribution in [2.24, 2.45) is 28.7 Å². The molecule has 0 radical (unpaired) electrons. The van der Waals surface area contributed by atoms with Gasteiger partial charge in [-0.3, -0.25) is 24.0 Å². The van der Waals surface area contributed by atoms with Gasteiger partial charge in [-0.25, -0.2) is 0 Å². The molecule has 0 atom stereocenters. The minimum atomic E-state index is -0.738. The van der Waals surface area contributed by atoms with Crippen LogP contribution >= 0.6 is 0 Å². The minimum Gasteiger partial charge on any atom is -0.481 e. The number of carboxylic acid groups (broad SMARTS) is 5. The number of unbranched alkanes of at least 4 members (excludes halogenated alkanes) is 15. The zero-order valence-electron chi connectivity index (χ0n) is 30.9. The third kappa shape index (κ3) is 85.1. The average Bonchev–Trinajstić information content (AvgIpc) is 3.05. The van der Waals surface area contributed by atoms with E-state index in [9.17, 15) is 24.0 Å². The second-order valence-corrected chi connectivity index (χ2v) is 11.7. The van der Waals surface area contributed by atoms with Crippen molar-refractivity contribution in [1.29, 1.82) is 0 Å². The van der Waals surface area contributed by atoms with Crippen LogP contribution in [0.2, 0.25) is 0 Å². The van der Waals surface area contributed by atoms with Gasteiger partial charge in [-0.05, 0) is 96.9 Å². The summed E-state index contributed by atoms with van der Waals surface area (Å²) in [5, 5.41) is 41.2. The van der Waals surface area contributed by atoms with Gasteiger partial charge in [0.2, 0.25) is 0 Å². The Morgan fingerprint density at radius 3 is 0.540 bits per heavy atom. The van der Waals surface area contributed by atoms with Crippen LogP contribution in [0.1, 0.15) is 161 Å². The molecule has 50 heavy (non-hydrogen) atoms. The summed E-state index contributed by atoms with van der Waals surface area (Å²) in [5.41, 5.74) is 26.2. The highest BCUT2D eigenvalue weighted by atomic mass is 16.4. The molecule has 0 amide bonds. The lowest BCUT2D eigenvalue weighted by atomic mass is 10.1. The smallest absolute Gasteiger partial charge is 0.303 e. The van der Waals surface area contributed by atoms with Crippen LogP contribution in [0.25, 0.3) is 0 Å². The van der Waals surface area contributed by atoms with E-state index >= 15 is 0 Å². The molecule has 0 bridgehead atoms. The summed E-state index contributed by atoms with van der Waals surface area (Å²) in [6.07, 6.45) is 21.0. The molecule has 0 saturated heterocycles. The summed E-state index contributed by atoms with van der Waals surface area (Å²) in [6.45, 7) is 3.49. The maximum absolute atomic E-state index is 10.1. The Labute approximate surface area is 301 Å². The van der Waals surface area contributed by atoms with Crippen LogP contribution in [-0.2, 0) is 24.0 Å². The molecule has 0 unspecified atom stereocenters. The van der Waals surface area contributed by atoms with Crippen molar-refractivity contribution < 1.29 is 49.5 Å². The topological polar surface area (TPSA) is 317 Å². The summed E-state index contributed by atoms with van der Waals surface area (Å²) < 4.78 is 0. The fourth-order valence-corrected chi connectivity index (χ4v) is 3.87. The number of rotatable bonds is 30. The fraction of sp³-hybridized carbons (Fsp3) is 0.857. The first-order valence-electron chi connectivity index (χ1n) is 18.4. The Balaban J connectivity index is -0.000000170. The van der Waals surface area contributed by atoms with Crippen LogP contribution in [0.4, 0.5) is 0 Å². The van der Waals surface area contributed by atoms with E-state index in [4.69, 9.17) is 54.2 Å². The van der Waals surface area contributed by atoms with Crippen LogP contribution in [-0.4, -0.2) is 88.1 Å². The van der Waals surface area contributed by atoms with Crippen molar-refractivity contribution in [3.05, 3.63) is 0 Å². The highest BCUT2D eigenvalue weighted by Gasteiger charge is 1.98. The highest BCUT2D eigenvalue weighted by Crippen LogP contribution is 2.06. The van der Waals surface area contributed by atoms with Crippen molar-refractivity contribution in [3.63, 3.8) is 0 Å². The van der Waals surface area contributed by atoms with Gasteiger partial charge < -0.3 is 54.2 Å². The maximum Gasteiger partial charge on any atom is 0.303 e. The number of hydrogen-bond acceptors (Lipinski definition) is 10. The zero-order chi connectivity index (χ0) is 39.1. The predicted octanol–water partition coefficient (Wildman–Crippen LogP) is 4.90. The summed E-state index contributed by atoms with van der Waals surface area (Å²) >= 11 is 0. The Bertz CT molecular complexity index is 747. The number of nitrogens with two attached hydrogens (primary N) is 5. The number of aliphatic carboxylic acids is 5. The fourth-order valence-electron chi connectivity index (χ4n) is 3.87. The minimum absolute atomic E-state index is 0.247. The first kappa shape index (κ1) is 56.5. The molecule has 0 aromatic carbocycles. The van der Waals surface area contributed by atoms with E-state index in [2.05, 4.69) is 0 Å². The monoisotopic (exact) mass is 726 g/mol. The summed E-state index contributed by atoms with van der Waals surface area (Å²) in [7, 11) is 0. The van der Waals surface area contributed by atoms with Gasteiger partial charge in [0, 0.05) is 32.1 Å². The molecule has 0 fully saturated rings. The van der Waals surface area contributed by atoms with Crippen molar-refractivity contribution in [2.75, 3.05) is 32.7 Å². The standard InChI is InChI=1S/C9H19NO2.C8H17NO2.C7H15NO2.C6H13NO2.C5H11NO2/c10-8-6-4-2-1-3-5-7-9(11)12;9-7-5-3-1-2-4-6-8(10)11;8-6-4-2-1-3-5-7(9)10;7-5-3-1-2-4-6(8)9;6-4-2-1-3-5(7)8/h1-8,10H2,(H,11,12);1-7,9H2,(H,10,11);1-6,8H2,(H,9,10);1-5,7H2,(H,8,9);1-4,6H2,(H,7,8). The molecule has 0 aliphatic carbocycles. The molecular weight excluding hydrogens is 650 g/mol. The summed E-state index contributed by atoms with van der Waals surface area (Å²) in [6, 6.07) is 0. The van der Waals surface area contributed by atoms with Gasteiger partial charge in [0.15, 0.2) is 0 Å². The molecule has 0 aliphatic rings. The van der Waals surface area contributed by atoms with Crippen molar-refractivity contribution in [2.45, 2.75) is 161 Å². The average molecular weight is 726 g/mol. The van der Waals surface area contributed by atoms with E-state index in [1.807, 2.05) is 0 Å². The van der Waals surface area contributed by atoms with Crippen LogP contribution in [0.3, 0.4) is 0 Å². The second kappa shape index (κ2) is 53.0. The van der Waals surface area contributed by atoms with Crippen LogP contribution in [0, 0.1) is 0 Å². The van der Waals surface area contributed by atoms with Gasteiger partial charge in [0.1, 0.15) is 0 Å². The molecule has 15 nitrogen and oxygen atoms in total. The highest BCUT2D eigenvalue weighted by molar-refractivity contribution is 5.67. The van der Waals surface area contributed by atoms with Gasteiger partial charge in [-0.1, -0.05) is 64.2 Å². The third-order valence-electron chi connectivity index (χ3n) is 6.72. The van der Waals surface area contributed by atoms with Gasteiger partial charge in [-0.15, -0.1) is 0 Å². The molecule has 15 heteroatoms. The lowest BCUT2D eigenvalue weighted by Gasteiger charge is -1.98. The van der Waals surface area contributed by atoms with E-state index in [1.54, 1.807) is 0 Å². The normalized spacial score (nSPS) is 9.70. The number of carbonyl (C=O) groups is 5. The lowest BCUT2D eigenvalue weighted by Crippen LogP contribution is -2.00. The van der Waals surface area contributed by atoms with Crippen molar-refractivity contribution in [1.82, 2.24) is 0 Å². The molecule has 0 saturated carbocycles. The Kier molecular flexibility index (Phi) is 59.9. The van der Waals surface area contributed by atoms with Crippen LogP contribution < -0.4 is 28.7 Å². The Hall–Kier alpha value is -2.85. The molecule has 0 aromatic rings. The molecule has 0 aliphatic heterocycles. The predicted molar refractivity (Wildman–Crippen MR) is 199 cm³/mol. The van der Waals surface area contributed by atoms with Gasteiger partial charge in [-0.2, -0.15) is 0 Å². The van der Waals surface area contributed by atoms with E-state index in [-0.39, 0.29) is 12.8 Å². The van der Waals surface area contributed by atoms with Crippen molar-refractivity contribution in [3.8, 4) is 0 Å². The van der Waals surface area contributed by atoms with Gasteiger partial charge >= 0.3 is 29.8 Å². The zero-order valence-corrected chi connectivity index (χ0v) is 30.9. The third-order valence-corrected chi connectivity index (χ3v) is 6.72. The first-order chi connectivity index (χ1) is 23.9. The quantitative estimate of drug-likeness (QED) is 0.0440. The summed E-state index contributed by atoms with van der Waals surface area (Å²) in [4.78, 5) is 50.0. The van der Waals surface area contributed by atoms with Gasteiger partial charge in [0.25, 0.3) is 0 Å². The van der Waals surface area contributed by atoms with Crippen molar-refractivity contribution >= 4 is 29.8 Å². The Morgan fingerprint density at radius 2 is 0.360 bits per heavy atom. The number of hydrogen-bond donors (Lipinski definition) is 10. The first-order valence-corrected chi connectivity index (χ1v) is 18.4. The van der Waals surface area contributed by atoms with E-state index in [1.165, 1.54) is 12.8 Å². The Morgan fingerprint density at radius 1 is 0.240 bits per heavy atom. The largest absolute Gasteiger partial charge is 0.481 e.